The van der Waals surface area contributed by atoms with Gasteiger partial charge in [-0.25, -0.2) is 4.79 Å². The number of carbonyl (C=O) groups is 1. The first-order valence-corrected chi connectivity index (χ1v) is 4.89. The molecule has 1 aromatic heterocycles. The SMILES string of the molecule is CC(C(=O)O)N(C)c1nc(C2CC2)no1. The number of anilines is 1. The van der Waals surface area contributed by atoms with Gasteiger partial charge in [-0.1, -0.05) is 5.16 Å². The number of hydrogen-bond acceptors (Lipinski definition) is 5. The Labute approximate surface area is 86.9 Å². The fourth-order valence-electron chi connectivity index (χ4n) is 1.21. The smallest absolute Gasteiger partial charge is 0.326 e. The van der Waals surface area contributed by atoms with E-state index in [1.165, 1.54) is 4.90 Å². The molecular formula is C9H13N3O3. The lowest BCUT2D eigenvalue weighted by molar-refractivity contribution is -0.138. The summed E-state index contributed by atoms with van der Waals surface area (Å²) in [4.78, 5) is 16.4. The van der Waals surface area contributed by atoms with Crippen LogP contribution in [0.25, 0.3) is 0 Å². The molecule has 0 amide bonds. The van der Waals surface area contributed by atoms with Crippen molar-refractivity contribution >= 4 is 12.0 Å². The highest BCUT2D eigenvalue weighted by molar-refractivity contribution is 5.76. The van der Waals surface area contributed by atoms with E-state index in [2.05, 4.69) is 10.1 Å². The van der Waals surface area contributed by atoms with E-state index >= 15 is 0 Å². The third-order valence-electron chi connectivity index (χ3n) is 2.61. The molecule has 1 fully saturated rings. The molecule has 1 aliphatic rings. The summed E-state index contributed by atoms with van der Waals surface area (Å²) >= 11 is 0. The van der Waals surface area contributed by atoms with E-state index < -0.39 is 12.0 Å². The Bertz CT molecular complexity index is 372. The second-order valence-corrected chi connectivity index (χ2v) is 3.83. The molecule has 0 spiro atoms. The molecule has 2 rings (SSSR count). The van der Waals surface area contributed by atoms with E-state index in [0.29, 0.717) is 11.7 Å². The molecule has 0 aromatic carbocycles. The van der Waals surface area contributed by atoms with Crippen LogP contribution in [0.1, 0.15) is 31.5 Å². The zero-order valence-electron chi connectivity index (χ0n) is 8.67. The number of carboxylic acids is 1. The molecule has 6 nitrogen and oxygen atoms in total. The maximum atomic E-state index is 10.7. The molecule has 0 radical (unpaired) electrons. The van der Waals surface area contributed by atoms with E-state index in [1.54, 1.807) is 14.0 Å². The number of nitrogens with zero attached hydrogens (tertiary/aromatic N) is 3. The van der Waals surface area contributed by atoms with Gasteiger partial charge in [0.05, 0.1) is 0 Å². The third kappa shape index (κ3) is 1.93. The Morgan fingerprint density at radius 3 is 2.87 bits per heavy atom. The second kappa shape index (κ2) is 3.52. The third-order valence-corrected chi connectivity index (χ3v) is 2.61. The maximum absolute atomic E-state index is 10.7. The number of rotatable bonds is 4. The van der Waals surface area contributed by atoms with Crippen LogP contribution in [-0.2, 0) is 4.79 Å². The topological polar surface area (TPSA) is 79.5 Å². The van der Waals surface area contributed by atoms with Crippen molar-refractivity contribution in [3.63, 3.8) is 0 Å². The van der Waals surface area contributed by atoms with Gasteiger partial charge < -0.3 is 14.5 Å². The predicted octanol–water partition coefficient (Wildman–Crippen LogP) is 0.856. The zero-order valence-corrected chi connectivity index (χ0v) is 8.67. The minimum Gasteiger partial charge on any atom is -0.480 e. The summed E-state index contributed by atoms with van der Waals surface area (Å²) < 4.78 is 5.00. The standard InChI is InChI=1S/C9H13N3O3/c1-5(8(13)14)12(2)9-10-7(11-15-9)6-3-4-6/h5-6H,3-4H2,1-2H3,(H,13,14). The summed E-state index contributed by atoms with van der Waals surface area (Å²) in [5, 5.41) is 12.6. The van der Waals surface area contributed by atoms with Gasteiger partial charge in [-0.3, -0.25) is 0 Å². The van der Waals surface area contributed by atoms with Gasteiger partial charge in [-0.2, -0.15) is 4.98 Å². The van der Waals surface area contributed by atoms with Crippen LogP contribution < -0.4 is 4.90 Å². The van der Waals surface area contributed by atoms with Crippen molar-refractivity contribution in [1.29, 1.82) is 0 Å². The van der Waals surface area contributed by atoms with Crippen LogP contribution in [0.3, 0.4) is 0 Å². The fourth-order valence-corrected chi connectivity index (χ4v) is 1.21. The van der Waals surface area contributed by atoms with E-state index in [9.17, 15) is 4.79 Å². The zero-order chi connectivity index (χ0) is 11.0. The normalized spacial score (nSPS) is 17.5. The van der Waals surface area contributed by atoms with Crippen LogP contribution in [0.2, 0.25) is 0 Å². The molecule has 15 heavy (non-hydrogen) atoms. The maximum Gasteiger partial charge on any atom is 0.326 e. The lowest BCUT2D eigenvalue weighted by Crippen LogP contribution is -2.35. The molecule has 0 saturated heterocycles. The second-order valence-electron chi connectivity index (χ2n) is 3.83. The van der Waals surface area contributed by atoms with Crippen molar-refractivity contribution in [3.8, 4) is 0 Å². The Morgan fingerprint density at radius 1 is 1.67 bits per heavy atom. The largest absolute Gasteiger partial charge is 0.480 e. The van der Waals surface area contributed by atoms with E-state index in [-0.39, 0.29) is 6.01 Å². The summed E-state index contributed by atoms with van der Waals surface area (Å²) in [6.07, 6.45) is 2.19. The van der Waals surface area contributed by atoms with Gasteiger partial charge in [0.1, 0.15) is 6.04 Å². The molecule has 1 atom stereocenters. The molecule has 1 aromatic rings. The summed E-state index contributed by atoms with van der Waals surface area (Å²) in [6.45, 7) is 1.57. The van der Waals surface area contributed by atoms with Crippen LogP contribution in [0.5, 0.6) is 0 Å². The first kappa shape index (κ1) is 9.95. The average molecular weight is 211 g/mol. The fraction of sp³-hybridized carbons (Fsp3) is 0.667. The molecule has 1 saturated carbocycles. The van der Waals surface area contributed by atoms with Gasteiger partial charge in [-0.05, 0) is 19.8 Å². The summed E-state index contributed by atoms with van der Waals surface area (Å²) in [5.41, 5.74) is 0. The minimum absolute atomic E-state index is 0.270. The lowest BCUT2D eigenvalue weighted by atomic mass is 10.3. The Morgan fingerprint density at radius 2 is 2.33 bits per heavy atom. The van der Waals surface area contributed by atoms with Gasteiger partial charge >= 0.3 is 12.0 Å². The molecule has 1 N–H and O–H groups in total. The van der Waals surface area contributed by atoms with Crippen molar-refractivity contribution in [2.75, 3.05) is 11.9 Å². The first-order chi connectivity index (χ1) is 7.09. The van der Waals surface area contributed by atoms with Crippen LogP contribution >= 0.6 is 0 Å². The molecule has 1 unspecified atom stereocenters. The van der Waals surface area contributed by atoms with Gasteiger partial charge in [0.15, 0.2) is 5.82 Å². The van der Waals surface area contributed by atoms with Crippen molar-refractivity contribution in [2.45, 2.75) is 31.7 Å². The number of likely N-dealkylation sites (N-methyl/N-ethyl adjacent to an activating group) is 1. The predicted molar refractivity (Wildman–Crippen MR) is 51.8 cm³/mol. The van der Waals surface area contributed by atoms with Crippen molar-refractivity contribution in [1.82, 2.24) is 10.1 Å². The first-order valence-electron chi connectivity index (χ1n) is 4.89. The lowest BCUT2D eigenvalue weighted by Gasteiger charge is -2.17. The summed E-state index contributed by atoms with van der Waals surface area (Å²) in [7, 11) is 1.63. The summed E-state index contributed by atoms with van der Waals surface area (Å²) in [6, 6.07) is -0.399. The van der Waals surface area contributed by atoms with Crippen LogP contribution in [0, 0.1) is 0 Å². The molecule has 1 heterocycles. The van der Waals surface area contributed by atoms with Gasteiger partial charge in [0.25, 0.3) is 0 Å². The van der Waals surface area contributed by atoms with Crippen molar-refractivity contribution < 1.29 is 14.4 Å². The van der Waals surface area contributed by atoms with Gasteiger partial charge in [0, 0.05) is 13.0 Å². The highest BCUT2D eigenvalue weighted by Gasteiger charge is 2.30. The quantitative estimate of drug-likeness (QED) is 0.795. The number of aliphatic carboxylic acids is 1. The van der Waals surface area contributed by atoms with Gasteiger partial charge in [-0.15, -0.1) is 0 Å². The monoisotopic (exact) mass is 211 g/mol. The highest BCUT2D eigenvalue weighted by atomic mass is 16.5. The van der Waals surface area contributed by atoms with Gasteiger partial charge in [0.2, 0.25) is 0 Å². The van der Waals surface area contributed by atoms with E-state index in [1.807, 2.05) is 0 Å². The van der Waals surface area contributed by atoms with Crippen molar-refractivity contribution in [3.05, 3.63) is 5.82 Å². The van der Waals surface area contributed by atoms with Crippen LogP contribution in [0.15, 0.2) is 4.52 Å². The molecular weight excluding hydrogens is 198 g/mol. The van der Waals surface area contributed by atoms with Crippen LogP contribution in [0.4, 0.5) is 6.01 Å². The molecule has 6 heteroatoms. The number of carboxylic acid groups (broad SMARTS) is 1. The molecule has 1 aliphatic carbocycles. The van der Waals surface area contributed by atoms with E-state index in [0.717, 1.165) is 12.8 Å². The number of aromatic nitrogens is 2. The Balaban J connectivity index is 2.10. The summed E-state index contributed by atoms with van der Waals surface area (Å²) in [5.74, 6) is 0.189. The van der Waals surface area contributed by atoms with E-state index in [4.69, 9.17) is 9.63 Å². The molecule has 82 valence electrons. The average Bonchev–Trinajstić information content (AvgIpc) is 2.94. The van der Waals surface area contributed by atoms with Crippen LogP contribution in [-0.4, -0.2) is 34.3 Å². The minimum atomic E-state index is -0.913. The Hall–Kier alpha value is -1.59. The molecule has 0 aliphatic heterocycles. The Kier molecular flexibility index (Phi) is 2.34. The highest BCUT2D eigenvalue weighted by Crippen LogP contribution is 2.38. The van der Waals surface area contributed by atoms with Crippen molar-refractivity contribution in [2.24, 2.45) is 0 Å². The molecule has 0 bridgehead atoms. The number of hydrogen-bond donors (Lipinski definition) is 1.